The molecule has 0 aliphatic rings. The van der Waals surface area contributed by atoms with Gasteiger partial charge in [0, 0.05) is 30.7 Å². The fourth-order valence-corrected chi connectivity index (χ4v) is 5.98. The topological polar surface area (TPSA) is 91.5 Å². The van der Waals surface area contributed by atoms with Crippen molar-refractivity contribution in [1.29, 1.82) is 0 Å². The molecule has 0 spiro atoms. The van der Waals surface area contributed by atoms with Crippen LogP contribution in [0, 0.1) is 5.92 Å². The van der Waals surface area contributed by atoms with Gasteiger partial charge in [-0.3, -0.25) is 9.59 Å². The van der Waals surface area contributed by atoms with Gasteiger partial charge in [-0.1, -0.05) is 38.8 Å². The zero-order valence-corrected chi connectivity index (χ0v) is 21.9. The molecule has 0 unspecified atom stereocenters. The number of hydrogen-bond acceptors (Lipinski definition) is 4. The van der Waals surface area contributed by atoms with E-state index in [0.29, 0.717) is 46.3 Å². The minimum atomic E-state index is -0.184. The van der Waals surface area contributed by atoms with Crippen molar-refractivity contribution in [3.05, 3.63) is 74.5 Å². The van der Waals surface area contributed by atoms with Crippen LogP contribution in [0.5, 0.6) is 0 Å². The van der Waals surface area contributed by atoms with E-state index in [9.17, 15) is 9.59 Å². The van der Waals surface area contributed by atoms with Crippen LogP contribution in [0.1, 0.15) is 18.6 Å². The van der Waals surface area contributed by atoms with Crippen LogP contribution >= 0.6 is 63.7 Å². The molecule has 4 aromatic rings. The summed E-state index contributed by atoms with van der Waals surface area (Å²) in [5.74, 6) is 1.28. The Labute approximate surface area is 204 Å². The second-order valence-electron chi connectivity index (χ2n) is 7.11. The number of fused-ring (bicyclic) bond motifs is 2. The highest BCUT2D eigenvalue weighted by Gasteiger charge is 2.14. The fourth-order valence-electron chi connectivity index (χ4n) is 3.35. The lowest BCUT2D eigenvalue weighted by Gasteiger charge is -2.12. The molecule has 0 fully saturated rings. The minimum Gasteiger partial charge on any atom is -0.310 e. The van der Waals surface area contributed by atoms with Crippen molar-refractivity contribution in [2.24, 2.45) is 5.92 Å². The first-order chi connectivity index (χ1) is 14.2. The van der Waals surface area contributed by atoms with Gasteiger partial charge in [0.25, 0.3) is 11.1 Å². The summed E-state index contributed by atoms with van der Waals surface area (Å²) in [5, 5.41) is 1.04. The Bertz CT molecular complexity index is 1310. The monoisotopic (exact) mass is 658 g/mol. The van der Waals surface area contributed by atoms with Crippen LogP contribution in [-0.2, 0) is 12.8 Å². The predicted molar refractivity (Wildman–Crippen MR) is 132 cm³/mol. The lowest BCUT2D eigenvalue weighted by Crippen LogP contribution is -2.18. The first-order valence-electron chi connectivity index (χ1n) is 8.97. The molecule has 2 aromatic heterocycles. The lowest BCUT2D eigenvalue weighted by atomic mass is 10.0. The number of rotatable bonds is 4. The number of nitrogens with zero attached hydrogens (tertiary/aromatic N) is 2. The number of H-pyrrole nitrogens is 2. The molecule has 0 saturated heterocycles. The largest absolute Gasteiger partial charge is 0.310 e. The minimum absolute atomic E-state index is 0.0923. The van der Waals surface area contributed by atoms with Crippen LogP contribution in [0.2, 0.25) is 0 Å². The van der Waals surface area contributed by atoms with Gasteiger partial charge in [-0.15, -0.1) is 0 Å². The van der Waals surface area contributed by atoms with E-state index >= 15 is 0 Å². The quantitative estimate of drug-likeness (QED) is 0.297. The van der Waals surface area contributed by atoms with Gasteiger partial charge >= 0.3 is 0 Å². The van der Waals surface area contributed by atoms with Crippen molar-refractivity contribution in [3.8, 4) is 0 Å². The highest BCUT2D eigenvalue weighted by atomic mass is 79.9. The molecule has 0 amide bonds. The maximum Gasteiger partial charge on any atom is 0.258 e. The third kappa shape index (κ3) is 4.46. The van der Waals surface area contributed by atoms with E-state index in [-0.39, 0.29) is 17.0 Å². The number of benzene rings is 2. The van der Waals surface area contributed by atoms with Gasteiger partial charge < -0.3 is 9.97 Å². The molecule has 0 saturated carbocycles. The maximum absolute atomic E-state index is 12.5. The fraction of sp³-hybridized carbons (Fsp3) is 0.200. The molecule has 2 aromatic carbocycles. The Balaban J connectivity index is 1.63. The first-order valence-corrected chi connectivity index (χ1v) is 12.1. The summed E-state index contributed by atoms with van der Waals surface area (Å²) in [4.78, 5) is 40.0. The third-order valence-corrected chi connectivity index (χ3v) is 6.76. The molecule has 0 radical (unpaired) electrons. The highest BCUT2D eigenvalue weighted by Crippen LogP contribution is 2.27. The van der Waals surface area contributed by atoms with Gasteiger partial charge in [0.15, 0.2) is 0 Å². The molecule has 10 heteroatoms. The second kappa shape index (κ2) is 8.64. The Morgan fingerprint density at radius 1 is 0.767 bits per heavy atom. The summed E-state index contributed by atoms with van der Waals surface area (Å²) >= 11 is 13.7. The first kappa shape index (κ1) is 21.9. The summed E-state index contributed by atoms with van der Waals surface area (Å²) in [6.45, 7) is 2.03. The Morgan fingerprint density at radius 2 is 1.17 bits per heavy atom. The summed E-state index contributed by atoms with van der Waals surface area (Å²) in [5.41, 5.74) is 0.874. The molecule has 4 rings (SSSR count). The summed E-state index contributed by atoms with van der Waals surface area (Å²) in [6, 6.07) is 7.22. The molecule has 30 heavy (non-hydrogen) atoms. The van der Waals surface area contributed by atoms with Crippen LogP contribution in [0.4, 0.5) is 0 Å². The molecular formula is C20H14Br4N4O2. The average molecular weight is 662 g/mol. The molecular weight excluding hydrogens is 648 g/mol. The van der Waals surface area contributed by atoms with Crippen LogP contribution in [-0.4, -0.2) is 19.9 Å². The van der Waals surface area contributed by atoms with Crippen molar-refractivity contribution < 1.29 is 0 Å². The van der Waals surface area contributed by atoms with Gasteiger partial charge in [0.1, 0.15) is 11.6 Å². The average Bonchev–Trinajstić information content (AvgIpc) is 2.64. The molecule has 6 nitrogen and oxygen atoms in total. The Kier molecular flexibility index (Phi) is 6.30. The van der Waals surface area contributed by atoms with Crippen LogP contribution < -0.4 is 11.1 Å². The van der Waals surface area contributed by atoms with Gasteiger partial charge in [-0.05, 0) is 62.0 Å². The molecule has 0 aliphatic heterocycles. The molecule has 2 N–H and O–H groups in total. The number of hydrogen-bond donors (Lipinski definition) is 2. The Morgan fingerprint density at radius 3 is 1.57 bits per heavy atom. The van der Waals surface area contributed by atoms with E-state index in [2.05, 4.69) is 83.7 Å². The van der Waals surface area contributed by atoms with E-state index in [1.165, 1.54) is 0 Å². The smallest absolute Gasteiger partial charge is 0.258 e. The van der Waals surface area contributed by atoms with Crippen LogP contribution in [0.15, 0.2) is 51.7 Å². The number of halogens is 4. The third-order valence-electron chi connectivity index (χ3n) is 4.64. The van der Waals surface area contributed by atoms with Gasteiger partial charge in [-0.2, -0.15) is 0 Å². The maximum atomic E-state index is 12.5. The predicted octanol–water partition coefficient (Wildman–Crippen LogP) is 5.63. The van der Waals surface area contributed by atoms with E-state index in [1.807, 2.05) is 19.1 Å². The molecule has 2 heterocycles. The number of aromatic nitrogens is 4. The summed E-state index contributed by atoms with van der Waals surface area (Å²) in [7, 11) is 0. The van der Waals surface area contributed by atoms with E-state index in [0.717, 1.165) is 17.9 Å². The standard InChI is InChI=1S/C20H14Br4N4O2/c1-8(2-15-25-17-11(19(29)27-15)4-9(21)6-13(17)23)3-16-26-18-12(20(30)28-16)5-10(22)7-14(18)24/h4-8H,2-3H2,1H3,(H,25,27,29)(H,26,28,30). The van der Waals surface area contributed by atoms with Gasteiger partial charge in [-0.25, -0.2) is 9.97 Å². The van der Waals surface area contributed by atoms with Gasteiger partial charge in [0.2, 0.25) is 0 Å². The van der Waals surface area contributed by atoms with Crippen molar-refractivity contribution >= 4 is 85.5 Å². The molecule has 154 valence electrons. The zero-order chi connectivity index (χ0) is 21.6. The van der Waals surface area contributed by atoms with Crippen molar-refractivity contribution in [2.45, 2.75) is 19.8 Å². The normalized spacial score (nSPS) is 11.7. The SMILES string of the molecule is CC(Cc1nc2c(Br)cc(Br)cc2c(=O)[nH]1)Cc1nc2c(Br)cc(Br)cc2c(=O)[nH]1. The van der Waals surface area contributed by atoms with Crippen LogP contribution in [0.3, 0.4) is 0 Å². The van der Waals surface area contributed by atoms with Gasteiger partial charge in [0.05, 0.1) is 21.8 Å². The van der Waals surface area contributed by atoms with Crippen LogP contribution in [0.25, 0.3) is 21.8 Å². The van der Waals surface area contributed by atoms with Crippen molar-refractivity contribution in [1.82, 2.24) is 19.9 Å². The summed E-state index contributed by atoms with van der Waals surface area (Å²) < 4.78 is 3.12. The van der Waals surface area contributed by atoms with E-state index in [4.69, 9.17) is 0 Å². The molecule has 0 atom stereocenters. The van der Waals surface area contributed by atoms with Crippen molar-refractivity contribution in [3.63, 3.8) is 0 Å². The van der Waals surface area contributed by atoms with E-state index < -0.39 is 0 Å². The molecule has 0 aliphatic carbocycles. The lowest BCUT2D eigenvalue weighted by molar-refractivity contribution is 0.543. The van der Waals surface area contributed by atoms with Crippen molar-refractivity contribution in [2.75, 3.05) is 0 Å². The Hall–Kier alpha value is -1.36. The summed E-state index contributed by atoms with van der Waals surface area (Å²) in [6.07, 6.45) is 1.08. The second-order valence-corrected chi connectivity index (χ2v) is 10.6. The molecule has 0 bridgehead atoms. The number of nitrogens with one attached hydrogen (secondary N) is 2. The number of aromatic amines is 2. The zero-order valence-electron chi connectivity index (χ0n) is 15.5. The highest BCUT2D eigenvalue weighted by molar-refractivity contribution is 9.11. The van der Waals surface area contributed by atoms with E-state index in [1.54, 1.807) is 12.1 Å².